The number of amides is 1. The summed E-state index contributed by atoms with van der Waals surface area (Å²) < 4.78 is 27.4. The van der Waals surface area contributed by atoms with Crippen LogP contribution in [0.4, 0.5) is 0 Å². The summed E-state index contributed by atoms with van der Waals surface area (Å²) in [5.41, 5.74) is 4.31. The zero-order chi connectivity index (χ0) is 15.7. The Morgan fingerprint density at radius 2 is 1.76 bits per heavy atom. The zero-order valence-electron chi connectivity index (χ0n) is 12.0. The van der Waals surface area contributed by atoms with Gasteiger partial charge in [0, 0.05) is 11.9 Å². The van der Waals surface area contributed by atoms with Gasteiger partial charge in [-0.15, -0.1) is 0 Å². The lowest BCUT2D eigenvalue weighted by molar-refractivity contribution is -0.125. The van der Waals surface area contributed by atoms with E-state index in [1.54, 1.807) is 38.1 Å². The molecule has 3 N–H and O–H groups in total. The van der Waals surface area contributed by atoms with Gasteiger partial charge in [-0.2, -0.15) is 0 Å². The third-order valence-corrected chi connectivity index (χ3v) is 4.87. The summed E-state index contributed by atoms with van der Waals surface area (Å²) in [6.07, 6.45) is 0. The number of sulfonamides is 1. The molecule has 0 saturated heterocycles. The quantitative estimate of drug-likeness (QED) is 0.880. The second kappa shape index (κ2) is 5.46. The molecule has 6 heteroatoms. The molecule has 0 fully saturated rings. The molecule has 0 radical (unpaired) electrons. The van der Waals surface area contributed by atoms with Crippen molar-refractivity contribution in [3.05, 3.63) is 42.5 Å². The standard InChI is InChI=1S/C15H18N2O3S/c1-15(2,14(16)18)10-17-21(19,20)13-9-5-7-11-6-3-4-8-12(11)13/h3-9,17H,10H2,1-2H3,(H2,16,18). The molecule has 0 heterocycles. The van der Waals surface area contributed by atoms with Crippen LogP contribution in [0.1, 0.15) is 13.8 Å². The van der Waals surface area contributed by atoms with Crippen molar-refractivity contribution < 1.29 is 13.2 Å². The van der Waals surface area contributed by atoms with Crippen molar-refractivity contribution in [1.82, 2.24) is 4.72 Å². The van der Waals surface area contributed by atoms with E-state index in [1.807, 2.05) is 18.2 Å². The number of fused-ring (bicyclic) bond motifs is 1. The molecule has 0 unspecified atom stereocenters. The minimum Gasteiger partial charge on any atom is -0.369 e. The maximum Gasteiger partial charge on any atom is 0.241 e. The van der Waals surface area contributed by atoms with E-state index in [-0.39, 0.29) is 11.4 Å². The van der Waals surface area contributed by atoms with E-state index in [2.05, 4.69) is 4.72 Å². The summed E-state index contributed by atoms with van der Waals surface area (Å²) in [4.78, 5) is 11.5. The van der Waals surface area contributed by atoms with Gasteiger partial charge in [-0.1, -0.05) is 36.4 Å². The zero-order valence-corrected chi connectivity index (χ0v) is 12.8. The Morgan fingerprint density at radius 1 is 1.14 bits per heavy atom. The van der Waals surface area contributed by atoms with Gasteiger partial charge >= 0.3 is 0 Å². The van der Waals surface area contributed by atoms with Crippen molar-refractivity contribution in [2.75, 3.05) is 6.54 Å². The first-order valence-corrected chi connectivity index (χ1v) is 8.00. The van der Waals surface area contributed by atoms with Gasteiger partial charge in [0.15, 0.2) is 0 Å². The Labute approximate surface area is 124 Å². The number of hydrogen-bond donors (Lipinski definition) is 2. The van der Waals surface area contributed by atoms with Crippen LogP contribution in [0.5, 0.6) is 0 Å². The molecule has 5 nitrogen and oxygen atoms in total. The van der Waals surface area contributed by atoms with E-state index in [0.717, 1.165) is 5.39 Å². The van der Waals surface area contributed by atoms with E-state index in [4.69, 9.17) is 5.73 Å². The molecule has 0 aliphatic heterocycles. The Morgan fingerprint density at radius 3 is 2.43 bits per heavy atom. The van der Waals surface area contributed by atoms with Crippen LogP contribution in [-0.4, -0.2) is 20.9 Å². The average molecular weight is 306 g/mol. The SMILES string of the molecule is CC(C)(CNS(=O)(=O)c1cccc2ccccc12)C(N)=O. The number of carbonyl (C=O) groups excluding carboxylic acids is 1. The van der Waals surface area contributed by atoms with Crippen molar-refractivity contribution in [3.8, 4) is 0 Å². The minimum absolute atomic E-state index is 0.0477. The predicted octanol–water partition coefficient (Wildman–Crippen LogP) is 1.63. The summed E-state index contributed by atoms with van der Waals surface area (Å²) in [5, 5.41) is 1.49. The first-order valence-electron chi connectivity index (χ1n) is 6.51. The molecular formula is C15H18N2O3S. The van der Waals surface area contributed by atoms with Crippen molar-refractivity contribution in [1.29, 1.82) is 0 Å². The summed E-state index contributed by atoms with van der Waals surface area (Å²) in [7, 11) is -3.71. The van der Waals surface area contributed by atoms with Crippen molar-refractivity contribution >= 4 is 26.7 Å². The van der Waals surface area contributed by atoms with Crippen LogP contribution >= 0.6 is 0 Å². The molecule has 2 aromatic rings. The van der Waals surface area contributed by atoms with Crippen molar-refractivity contribution in [2.24, 2.45) is 11.1 Å². The molecular weight excluding hydrogens is 288 g/mol. The molecule has 21 heavy (non-hydrogen) atoms. The molecule has 1 amide bonds. The van der Waals surface area contributed by atoms with Crippen LogP contribution in [-0.2, 0) is 14.8 Å². The maximum atomic E-state index is 12.5. The number of benzene rings is 2. The summed E-state index contributed by atoms with van der Waals surface area (Å²) in [5.74, 6) is -0.553. The number of hydrogen-bond acceptors (Lipinski definition) is 3. The molecule has 0 bridgehead atoms. The molecule has 0 saturated carbocycles. The van der Waals surface area contributed by atoms with Crippen LogP contribution < -0.4 is 10.5 Å². The Kier molecular flexibility index (Phi) is 4.02. The number of carbonyl (C=O) groups is 1. The molecule has 2 rings (SSSR count). The fourth-order valence-corrected chi connectivity index (χ4v) is 3.31. The Bertz CT molecular complexity index is 777. The highest BCUT2D eigenvalue weighted by Crippen LogP contribution is 2.23. The van der Waals surface area contributed by atoms with Gasteiger partial charge in [-0.25, -0.2) is 13.1 Å². The summed E-state index contributed by atoms with van der Waals surface area (Å²) >= 11 is 0. The topological polar surface area (TPSA) is 89.3 Å². The fourth-order valence-electron chi connectivity index (χ4n) is 1.87. The van der Waals surface area contributed by atoms with E-state index in [1.165, 1.54) is 0 Å². The lowest BCUT2D eigenvalue weighted by atomic mass is 9.93. The van der Waals surface area contributed by atoms with Gasteiger partial charge in [-0.3, -0.25) is 4.79 Å². The van der Waals surface area contributed by atoms with Gasteiger partial charge in [-0.05, 0) is 25.3 Å². The van der Waals surface area contributed by atoms with Gasteiger partial charge in [0.25, 0.3) is 0 Å². The summed E-state index contributed by atoms with van der Waals surface area (Å²) in [6, 6.07) is 12.3. The van der Waals surface area contributed by atoms with Gasteiger partial charge in [0.1, 0.15) is 0 Å². The number of rotatable bonds is 5. The van der Waals surface area contributed by atoms with Crippen molar-refractivity contribution in [2.45, 2.75) is 18.7 Å². The lowest BCUT2D eigenvalue weighted by Crippen LogP contribution is -2.42. The van der Waals surface area contributed by atoms with Crippen LogP contribution in [0.2, 0.25) is 0 Å². The van der Waals surface area contributed by atoms with Crippen molar-refractivity contribution in [3.63, 3.8) is 0 Å². The van der Waals surface area contributed by atoms with E-state index in [9.17, 15) is 13.2 Å². The molecule has 0 aliphatic carbocycles. The minimum atomic E-state index is -3.71. The van der Waals surface area contributed by atoms with Crippen LogP contribution in [0.15, 0.2) is 47.4 Å². The molecule has 0 atom stereocenters. The predicted molar refractivity (Wildman–Crippen MR) is 82.1 cm³/mol. The normalized spacial score (nSPS) is 12.5. The van der Waals surface area contributed by atoms with E-state index >= 15 is 0 Å². The largest absolute Gasteiger partial charge is 0.369 e. The molecule has 0 spiro atoms. The highest BCUT2D eigenvalue weighted by atomic mass is 32.2. The maximum absolute atomic E-state index is 12.5. The van der Waals surface area contributed by atoms with Gasteiger partial charge in [0.2, 0.25) is 15.9 Å². The van der Waals surface area contributed by atoms with Gasteiger partial charge < -0.3 is 5.73 Å². The van der Waals surface area contributed by atoms with E-state index in [0.29, 0.717) is 5.39 Å². The summed E-state index contributed by atoms with van der Waals surface area (Å²) in [6.45, 7) is 3.15. The third kappa shape index (κ3) is 3.22. The Balaban J connectivity index is 2.37. The highest BCUT2D eigenvalue weighted by molar-refractivity contribution is 7.89. The fraction of sp³-hybridized carbons (Fsp3) is 0.267. The molecule has 2 aromatic carbocycles. The Hall–Kier alpha value is -1.92. The second-order valence-electron chi connectivity index (χ2n) is 5.55. The first-order chi connectivity index (χ1) is 9.74. The molecule has 112 valence electrons. The smallest absolute Gasteiger partial charge is 0.241 e. The molecule has 0 aromatic heterocycles. The monoisotopic (exact) mass is 306 g/mol. The average Bonchev–Trinajstić information content (AvgIpc) is 2.44. The van der Waals surface area contributed by atoms with Crippen LogP contribution in [0.3, 0.4) is 0 Å². The van der Waals surface area contributed by atoms with Crippen LogP contribution in [0, 0.1) is 5.41 Å². The number of nitrogens with one attached hydrogen (secondary N) is 1. The highest BCUT2D eigenvalue weighted by Gasteiger charge is 2.28. The lowest BCUT2D eigenvalue weighted by Gasteiger charge is -2.21. The van der Waals surface area contributed by atoms with Gasteiger partial charge in [0.05, 0.1) is 10.3 Å². The number of nitrogens with two attached hydrogens (primary N) is 1. The van der Waals surface area contributed by atoms with Crippen LogP contribution in [0.25, 0.3) is 10.8 Å². The number of primary amides is 1. The second-order valence-corrected chi connectivity index (χ2v) is 7.29. The molecule has 0 aliphatic rings. The first kappa shape index (κ1) is 15.5. The van der Waals surface area contributed by atoms with E-state index < -0.39 is 21.3 Å². The third-order valence-electron chi connectivity index (χ3n) is 3.41.